The fraction of sp³-hybridized carbons (Fsp3) is 0.368. The molecule has 1 aromatic carbocycles. The number of aryl methyl sites for hydroxylation is 2. The van der Waals surface area contributed by atoms with Gasteiger partial charge in [0.05, 0.1) is 12.8 Å². The molecule has 2 rings (SSSR count). The third-order valence-electron chi connectivity index (χ3n) is 3.70. The molecule has 0 unspecified atom stereocenters. The minimum Gasteiger partial charge on any atom is -0.459 e. The highest BCUT2D eigenvalue weighted by Gasteiger charge is 2.07. The average Bonchev–Trinajstić information content (AvgIpc) is 3.12. The predicted molar refractivity (Wildman–Crippen MR) is 99.8 cm³/mol. The molecule has 0 saturated carbocycles. The fourth-order valence-corrected chi connectivity index (χ4v) is 2.38. The third-order valence-corrected chi connectivity index (χ3v) is 3.70. The first-order valence-electron chi connectivity index (χ1n) is 8.50. The fourth-order valence-electron chi connectivity index (χ4n) is 2.38. The first kappa shape index (κ1) is 18.6. The van der Waals surface area contributed by atoms with Crippen molar-refractivity contribution < 1.29 is 9.21 Å². The zero-order valence-electron chi connectivity index (χ0n) is 15.1. The average molecular weight is 342 g/mol. The van der Waals surface area contributed by atoms with Crippen molar-refractivity contribution in [3.05, 3.63) is 59.0 Å². The van der Waals surface area contributed by atoms with Crippen LogP contribution in [0.4, 0.5) is 0 Å². The van der Waals surface area contributed by atoms with Crippen molar-refractivity contribution in [2.45, 2.75) is 27.3 Å². The zero-order valence-corrected chi connectivity index (χ0v) is 15.1. The lowest BCUT2D eigenvalue weighted by atomic mass is 10.1. The molecule has 25 heavy (non-hydrogen) atoms. The molecular formula is C19H26N4O2. The van der Waals surface area contributed by atoms with E-state index in [0.717, 1.165) is 12.5 Å². The molecule has 0 bridgehead atoms. The normalized spacial score (nSPS) is 11.2. The van der Waals surface area contributed by atoms with Crippen LogP contribution in [-0.2, 0) is 6.54 Å². The van der Waals surface area contributed by atoms with Crippen LogP contribution in [0.3, 0.4) is 0 Å². The number of carbonyl (C=O) groups excluding carboxylic acids is 1. The molecule has 0 radical (unpaired) electrons. The molecule has 0 saturated heterocycles. The van der Waals surface area contributed by atoms with E-state index in [9.17, 15) is 4.79 Å². The minimum absolute atomic E-state index is 0.219. The van der Waals surface area contributed by atoms with Crippen LogP contribution >= 0.6 is 0 Å². The molecule has 3 N–H and O–H groups in total. The molecule has 0 fully saturated rings. The van der Waals surface area contributed by atoms with Crippen molar-refractivity contribution in [3.8, 4) is 0 Å². The van der Waals surface area contributed by atoms with Gasteiger partial charge < -0.3 is 20.4 Å². The van der Waals surface area contributed by atoms with Crippen molar-refractivity contribution in [1.82, 2.24) is 16.0 Å². The largest absolute Gasteiger partial charge is 0.459 e. The molecule has 1 amide bonds. The maximum Gasteiger partial charge on any atom is 0.287 e. The smallest absolute Gasteiger partial charge is 0.287 e. The SMILES string of the molecule is CCNC(=NCc1ccc(C)cc1C)NCCNC(=O)c1ccco1. The van der Waals surface area contributed by atoms with Gasteiger partial charge >= 0.3 is 0 Å². The van der Waals surface area contributed by atoms with E-state index in [1.807, 2.05) is 6.92 Å². The van der Waals surface area contributed by atoms with Gasteiger partial charge in [-0.3, -0.25) is 4.79 Å². The molecule has 0 aliphatic heterocycles. The van der Waals surface area contributed by atoms with Gasteiger partial charge in [0.1, 0.15) is 0 Å². The molecule has 1 aromatic heterocycles. The molecule has 0 spiro atoms. The van der Waals surface area contributed by atoms with Crippen LogP contribution in [0.25, 0.3) is 0 Å². The third kappa shape index (κ3) is 5.99. The first-order chi connectivity index (χ1) is 12.1. The lowest BCUT2D eigenvalue weighted by Gasteiger charge is -2.12. The van der Waals surface area contributed by atoms with Crippen LogP contribution in [0, 0.1) is 13.8 Å². The summed E-state index contributed by atoms with van der Waals surface area (Å²) in [5.74, 6) is 0.828. The number of nitrogens with zero attached hydrogens (tertiary/aromatic N) is 1. The van der Waals surface area contributed by atoms with E-state index >= 15 is 0 Å². The summed E-state index contributed by atoms with van der Waals surface area (Å²) in [5, 5.41) is 9.22. The second-order valence-corrected chi connectivity index (χ2v) is 5.79. The molecule has 0 atom stereocenters. The van der Waals surface area contributed by atoms with Gasteiger partial charge in [0.2, 0.25) is 0 Å². The van der Waals surface area contributed by atoms with Crippen molar-refractivity contribution in [2.24, 2.45) is 4.99 Å². The number of furan rings is 1. The number of hydrogen-bond acceptors (Lipinski definition) is 3. The van der Waals surface area contributed by atoms with Gasteiger partial charge in [-0.15, -0.1) is 0 Å². The number of rotatable bonds is 7. The van der Waals surface area contributed by atoms with Gasteiger partial charge in [-0.05, 0) is 44.0 Å². The summed E-state index contributed by atoms with van der Waals surface area (Å²) in [4.78, 5) is 16.4. The minimum atomic E-state index is -0.219. The zero-order chi connectivity index (χ0) is 18.1. The monoisotopic (exact) mass is 342 g/mol. The first-order valence-corrected chi connectivity index (χ1v) is 8.50. The number of nitrogens with one attached hydrogen (secondary N) is 3. The second-order valence-electron chi connectivity index (χ2n) is 5.79. The van der Waals surface area contributed by atoms with Crippen LogP contribution in [0.15, 0.2) is 46.0 Å². The number of amides is 1. The van der Waals surface area contributed by atoms with Crippen LogP contribution in [-0.4, -0.2) is 31.5 Å². The number of benzene rings is 1. The number of guanidine groups is 1. The Balaban J connectivity index is 1.82. The van der Waals surface area contributed by atoms with Crippen LogP contribution < -0.4 is 16.0 Å². The molecule has 0 aliphatic carbocycles. The number of hydrogen-bond donors (Lipinski definition) is 3. The Bertz CT molecular complexity index is 708. The Morgan fingerprint density at radius 3 is 2.60 bits per heavy atom. The molecule has 134 valence electrons. The van der Waals surface area contributed by atoms with E-state index in [2.05, 4.69) is 53.0 Å². The summed E-state index contributed by atoms with van der Waals surface area (Å²) < 4.78 is 5.05. The predicted octanol–water partition coefficient (Wildman–Crippen LogP) is 2.38. The summed E-state index contributed by atoms with van der Waals surface area (Å²) >= 11 is 0. The van der Waals surface area contributed by atoms with Gasteiger partial charge in [-0.2, -0.15) is 0 Å². The summed E-state index contributed by atoms with van der Waals surface area (Å²) in [7, 11) is 0. The Kier molecular flexibility index (Phi) is 7.07. The molecule has 6 heteroatoms. The Hall–Kier alpha value is -2.76. The number of aliphatic imine (C=N–C) groups is 1. The van der Waals surface area contributed by atoms with E-state index in [-0.39, 0.29) is 5.91 Å². The maximum atomic E-state index is 11.8. The van der Waals surface area contributed by atoms with Gasteiger partial charge in [0.25, 0.3) is 5.91 Å². The summed E-state index contributed by atoms with van der Waals surface area (Å²) in [6.07, 6.45) is 1.48. The maximum absolute atomic E-state index is 11.8. The van der Waals surface area contributed by atoms with E-state index in [0.29, 0.717) is 25.4 Å². The molecule has 1 heterocycles. The van der Waals surface area contributed by atoms with Crippen molar-refractivity contribution in [2.75, 3.05) is 19.6 Å². The number of carbonyl (C=O) groups is 1. The van der Waals surface area contributed by atoms with E-state index in [4.69, 9.17) is 4.42 Å². The summed E-state index contributed by atoms with van der Waals surface area (Å²) in [6, 6.07) is 9.70. The van der Waals surface area contributed by atoms with Crippen LogP contribution in [0.2, 0.25) is 0 Å². The highest BCUT2D eigenvalue weighted by molar-refractivity contribution is 5.91. The van der Waals surface area contributed by atoms with Crippen LogP contribution in [0.5, 0.6) is 0 Å². The Labute approximate surface area is 148 Å². The van der Waals surface area contributed by atoms with Crippen molar-refractivity contribution in [1.29, 1.82) is 0 Å². The highest BCUT2D eigenvalue weighted by Crippen LogP contribution is 2.11. The van der Waals surface area contributed by atoms with Crippen molar-refractivity contribution >= 4 is 11.9 Å². The lowest BCUT2D eigenvalue weighted by Crippen LogP contribution is -2.41. The van der Waals surface area contributed by atoms with E-state index < -0.39 is 0 Å². The van der Waals surface area contributed by atoms with Crippen LogP contribution in [0.1, 0.15) is 34.2 Å². The summed E-state index contributed by atoms with van der Waals surface area (Å²) in [5.41, 5.74) is 3.70. The van der Waals surface area contributed by atoms with Crippen molar-refractivity contribution in [3.63, 3.8) is 0 Å². The van der Waals surface area contributed by atoms with Gasteiger partial charge in [-0.25, -0.2) is 4.99 Å². The Morgan fingerprint density at radius 2 is 1.92 bits per heavy atom. The second kappa shape index (κ2) is 9.52. The molecule has 6 nitrogen and oxygen atoms in total. The Morgan fingerprint density at radius 1 is 1.12 bits per heavy atom. The molecular weight excluding hydrogens is 316 g/mol. The molecule has 0 aliphatic rings. The van der Waals surface area contributed by atoms with Gasteiger partial charge in [-0.1, -0.05) is 23.8 Å². The quantitative estimate of drug-likeness (QED) is 0.410. The van der Waals surface area contributed by atoms with E-state index in [1.165, 1.54) is 23.0 Å². The topological polar surface area (TPSA) is 78.7 Å². The van der Waals surface area contributed by atoms with Gasteiger partial charge in [0.15, 0.2) is 11.7 Å². The van der Waals surface area contributed by atoms with E-state index in [1.54, 1.807) is 12.1 Å². The summed E-state index contributed by atoms with van der Waals surface area (Å²) in [6.45, 7) is 8.65. The highest BCUT2D eigenvalue weighted by atomic mass is 16.3. The standard InChI is InChI=1S/C19H26N4O2/c1-4-20-19(23-13-16-8-7-14(2)12-15(16)3)22-10-9-21-18(24)17-6-5-11-25-17/h5-8,11-12H,4,9-10,13H2,1-3H3,(H,21,24)(H2,20,22,23). The lowest BCUT2D eigenvalue weighted by molar-refractivity contribution is 0.0926. The van der Waals surface area contributed by atoms with Gasteiger partial charge in [0, 0.05) is 19.6 Å². The molecule has 2 aromatic rings.